The van der Waals surface area contributed by atoms with Crippen molar-refractivity contribution in [2.75, 3.05) is 10.3 Å². The summed E-state index contributed by atoms with van der Waals surface area (Å²) in [6, 6.07) is 19.7. The van der Waals surface area contributed by atoms with Crippen molar-refractivity contribution >= 4 is 34.7 Å². The Hall–Kier alpha value is -5.46. The third kappa shape index (κ3) is 5.20. The minimum atomic E-state index is -0.873. The zero-order chi connectivity index (χ0) is 25.5. The van der Waals surface area contributed by atoms with E-state index in [1.807, 2.05) is 30.3 Å². The summed E-state index contributed by atoms with van der Waals surface area (Å²) >= 11 is 0. The maximum Gasteiger partial charge on any atom is 0.355 e. The smallest absolute Gasteiger partial charge is 0.301 e. The van der Waals surface area contributed by atoms with Crippen molar-refractivity contribution in [3.8, 4) is 0 Å². The number of amides is 1. The number of hydrogen-bond donors (Lipinski definition) is 2. The molecule has 2 aromatic heterocycles. The number of hydrogen-bond acceptors (Lipinski definition) is 10. The van der Waals surface area contributed by atoms with Gasteiger partial charge in [0.05, 0.1) is 16.4 Å². The molecular weight excluding hydrogens is 468 g/mol. The standard InChI is InChI=1S/C23H18N8O5/c32-23(17-10-4-5-11-18(17)30(33)34)28-27-21-20(31(35)36)22(26-15-25-21)29(19-12-6-7-13-24-19)14-16-8-2-1-3-9-16/h1-13,15H,14H2,(H,28,32)(H,25,26,27). The van der Waals surface area contributed by atoms with Gasteiger partial charge in [0.2, 0.25) is 11.6 Å². The van der Waals surface area contributed by atoms with Gasteiger partial charge in [-0.15, -0.1) is 0 Å². The van der Waals surface area contributed by atoms with Gasteiger partial charge >= 0.3 is 5.69 Å². The number of nitro benzene ring substituents is 1. The lowest BCUT2D eigenvalue weighted by Gasteiger charge is -2.23. The zero-order valence-electron chi connectivity index (χ0n) is 18.5. The molecule has 0 atom stereocenters. The molecule has 0 aliphatic heterocycles. The molecule has 4 aromatic rings. The van der Waals surface area contributed by atoms with Gasteiger partial charge in [-0.1, -0.05) is 48.5 Å². The molecule has 36 heavy (non-hydrogen) atoms. The Bertz CT molecular complexity index is 1400. The SMILES string of the molecule is O=C(NNc1ncnc(N(Cc2ccccc2)c2ccccn2)c1[N+](=O)[O-])c1ccccc1[N+](=O)[O-]. The van der Waals surface area contributed by atoms with Crippen molar-refractivity contribution in [1.82, 2.24) is 20.4 Å². The summed E-state index contributed by atoms with van der Waals surface area (Å²) in [6.45, 7) is 0.206. The van der Waals surface area contributed by atoms with Gasteiger partial charge in [-0.05, 0) is 23.8 Å². The van der Waals surface area contributed by atoms with Crippen LogP contribution in [-0.4, -0.2) is 30.7 Å². The van der Waals surface area contributed by atoms with Gasteiger partial charge in [-0.3, -0.25) is 35.9 Å². The van der Waals surface area contributed by atoms with E-state index < -0.39 is 27.1 Å². The molecule has 0 unspecified atom stereocenters. The van der Waals surface area contributed by atoms with E-state index in [9.17, 15) is 25.0 Å². The van der Waals surface area contributed by atoms with Crippen molar-refractivity contribution in [2.45, 2.75) is 6.54 Å². The Kier molecular flexibility index (Phi) is 7.01. The highest BCUT2D eigenvalue weighted by Gasteiger charge is 2.29. The molecule has 0 saturated heterocycles. The van der Waals surface area contributed by atoms with Crippen molar-refractivity contribution < 1.29 is 14.6 Å². The van der Waals surface area contributed by atoms with Gasteiger partial charge in [0.15, 0.2) is 0 Å². The normalized spacial score (nSPS) is 10.3. The first-order valence-electron chi connectivity index (χ1n) is 10.5. The van der Waals surface area contributed by atoms with E-state index in [4.69, 9.17) is 0 Å². The summed E-state index contributed by atoms with van der Waals surface area (Å²) in [5.41, 5.74) is 4.32. The molecule has 1 amide bonds. The van der Waals surface area contributed by atoms with Crippen LogP contribution in [0.3, 0.4) is 0 Å². The Morgan fingerprint density at radius 3 is 2.28 bits per heavy atom. The Labute approximate surface area is 203 Å². The summed E-state index contributed by atoms with van der Waals surface area (Å²) in [4.78, 5) is 48.5. The van der Waals surface area contributed by atoms with Crippen LogP contribution in [-0.2, 0) is 6.54 Å². The van der Waals surface area contributed by atoms with E-state index in [0.717, 1.165) is 11.9 Å². The number of carbonyl (C=O) groups is 1. The van der Waals surface area contributed by atoms with Crippen LogP contribution < -0.4 is 15.8 Å². The molecule has 2 aromatic carbocycles. The summed E-state index contributed by atoms with van der Waals surface area (Å²) in [6.07, 6.45) is 2.65. The number of hydrazine groups is 1. The van der Waals surface area contributed by atoms with E-state index in [2.05, 4.69) is 25.8 Å². The molecule has 0 aliphatic rings. The molecule has 13 nitrogen and oxygen atoms in total. The van der Waals surface area contributed by atoms with Crippen LogP contribution >= 0.6 is 0 Å². The number of para-hydroxylation sites is 1. The highest BCUT2D eigenvalue weighted by molar-refractivity contribution is 5.98. The van der Waals surface area contributed by atoms with Crippen molar-refractivity contribution in [1.29, 1.82) is 0 Å². The number of pyridine rings is 1. The average molecular weight is 486 g/mol. The highest BCUT2D eigenvalue weighted by Crippen LogP contribution is 2.36. The minimum Gasteiger partial charge on any atom is -0.301 e. The summed E-state index contributed by atoms with van der Waals surface area (Å²) in [5.74, 6) is -0.855. The predicted octanol–water partition coefficient (Wildman–Crippen LogP) is 3.78. The lowest BCUT2D eigenvalue weighted by molar-refractivity contribution is -0.385. The molecule has 0 fully saturated rings. The van der Waals surface area contributed by atoms with Crippen LogP contribution in [0.5, 0.6) is 0 Å². The molecule has 2 heterocycles. The average Bonchev–Trinajstić information content (AvgIpc) is 2.91. The number of aromatic nitrogens is 3. The second-order valence-electron chi connectivity index (χ2n) is 7.26. The van der Waals surface area contributed by atoms with E-state index in [1.165, 1.54) is 24.3 Å². The first-order valence-corrected chi connectivity index (χ1v) is 10.5. The summed E-state index contributed by atoms with van der Waals surface area (Å²) in [7, 11) is 0. The largest absolute Gasteiger partial charge is 0.355 e. The fourth-order valence-electron chi connectivity index (χ4n) is 3.38. The number of nitrogens with zero attached hydrogens (tertiary/aromatic N) is 6. The van der Waals surface area contributed by atoms with Gasteiger partial charge in [0.1, 0.15) is 17.7 Å². The van der Waals surface area contributed by atoms with Gasteiger partial charge in [-0.25, -0.2) is 15.0 Å². The van der Waals surface area contributed by atoms with E-state index in [0.29, 0.717) is 5.82 Å². The number of anilines is 3. The molecule has 2 N–H and O–H groups in total. The summed E-state index contributed by atoms with van der Waals surface area (Å²) in [5, 5.41) is 23.4. The van der Waals surface area contributed by atoms with E-state index in [-0.39, 0.29) is 23.7 Å². The molecule has 0 aliphatic carbocycles. The highest BCUT2D eigenvalue weighted by atomic mass is 16.6. The number of benzene rings is 2. The van der Waals surface area contributed by atoms with Gasteiger partial charge in [0, 0.05) is 12.3 Å². The van der Waals surface area contributed by atoms with Gasteiger partial charge < -0.3 is 4.90 Å². The van der Waals surface area contributed by atoms with Crippen LogP contribution in [0.1, 0.15) is 15.9 Å². The molecular formula is C23H18N8O5. The van der Waals surface area contributed by atoms with Crippen LogP contribution in [0.15, 0.2) is 85.3 Å². The predicted molar refractivity (Wildman–Crippen MR) is 129 cm³/mol. The van der Waals surface area contributed by atoms with Crippen molar-refractivity contribution in [3.05, 3.63) is 117 Å². The zero-order valence-corrected chi connectivity index (χ0v) is 18.5. The van der Waals surface area contributed by atoms with E-state index >= 15 is 0 Å². The van der Waals surface area contributed by atoms with Gasteiger partial charge in [-0.2, -0.15) is 0 Å². The number of carbonyl (C=O) groups excluding carboxylic acids is 1. The first kappa shape index (κ1) is 23.7. The molecule has 0 bridgehead atoms. The van der Waals surface area contributed by atoms with Crippen LogP contribution in [0.2, 0.25) is 0 Å². The topological polar surface area (TPSA) is 169 Å². The number of rotatable bonds is 9. The molecule has 180 valence electrons. The van der Waals surface area contributed by atoms with Crippen molar-refractivity contribution in [2.24, 2.45) is 0 Å². The Morgan fingerprint density at radius 1 is 0.861 bits per heavy atom. The fourth-order valence-corrected chi connectivity index (χ4v) is 3.38. The van der Waals surface area contributed by atoms with E-state index in [1.54, 1.807) is 29.3 Å². The molecule has 0 spiro atoms. The summed E-state index contributed by atoms with van der Waals surface area (Å²) < 4.78 is 0. The van der Waals surface area contributed by atoms with Crippen LogP contribution in [0.4, 0.5) is 28.8 Å². The number of nitrogens with one attached hydrogen (secondary N) is 2. The van der Waals surface area contributed by atoms with Crippen LogP contribution in [0, 0.1) is 20.2 Å². The monoisotopic (exact) mass is 486 g/mol. The first-order chi connectivity index (χ1) is 17.5. The Balaban J connectivity index is 1.70. The maximum atomic E-state index is 12.6. The second-order valence-corrected chi connectivity index (χ2v) is 7.26. The molecule has 4 rings (SSSR count). The quantitative estimate of drug-likeness (QED) is 0.262. The fraction of sp³-hybridized carbons (Fsp3) is 0.0435. The Morgan fingerprint density at radius 2 is 1.58 bits per heavy atom. The van der Waals surface area contributed by atoms with Crippen molar-refractivity contribution in [3.63, 3.8) is 0 Å². The molecule has 0 radical (unpaired) electrons. The maximum absolute atomic E-state index is 12.6. The molecule has 0 saturated carbocycles. The number of nitro groups is 2. The second kappa shape index (κ2) is 10.6. The molecule has 13 heteroatoms. The van der Waals surface area contributed by atoms with Gasteiger partial charge in [0.25, 0.3) is 11.6 Å². The third-order valence-corrected chi connectivity index (χ3v) is 4.99. The van der Waals surface area contributed by atoms with Crippen LogP contribution in [0.25, 0.3) is 0 Å². The third-order valence-electron chi connectivity index (χ3n) is 4.99. The minimum absolute atomic E-state index is 0.0695. The lowest BCUT2D eigenvalue weighted by Crippen LogP contribution is -2.31. The lowest BCUT2D eigenvalue weighted by atomic mass is 10.2.